The van der Waals surface area contributed by atoms with Gasteiger partial charge in [0.1, 0.15) is 0 Å². The Balaban J connectivity index is 1.89. The quantitative estimate of drug-likeness (QED) is 0.793. The minimum Gasteiger partial charge on any atom is -0.280 e. The van der Waals surface area contributed by atoms with Gasteiger partial charge in [0.2, 0.25) is 15.9 Å². The molecule has 0 unspecified atom stereocenters. The fourth-order valence-corrected chi connectivity index (χ4v) is 5.92. The van der Waals surface area contributed by atoms with Crippen LogP contribution < -0.4 is 9.03 Å². The molecule has 0 spiro atoms. The van der Waals surface area contributed by atoms with Crippen molar-refractivity contribution in [3.05, 3.63) is 53.6 Å². The van der Waals surface area contributed by atoms with Crippen LogP contribution in [0.2, 0.25) is 0 Å². The van der Waals surface area contributed by atoms with Crippen LogP contribution in [0.5, 0.6) is 0 Å². The van der Waals surface area contributed by atoms with Crippen LogP contribution in [0.4, 0.5) is 11.4 Å². The molecule has 2 aromatic rings. The van der Waals surface area contributed by atoms with Crippen molar-refractivity contribution in [3.63, 3.8) is 0 Å². The molecule has 0 aromatic heterocycles. The number of anilines is 2. The summed E-state index contributed by atoms with van der Waals surface area (Å²) in [5, 5.41) is 0. The van der Waals surface area contributed by atoms with Gasteiger partial charge in [-0.1, -0.05) is 32.9 Å². The Labute approximate surface area is 171 Å². The van der Waals surface area contributed by atoms with E-state index in [0.717, 1.165) is 9.87 Å². The van der Waals surface area contributed by atoms with E-state index in [9.17, 15) is 21.6 Å². The molecule has 2 aromatic carbocycles. The van der Waals surface area contributed by atoms with Crippen molar-refractivity contribution < 1.29 is 21.6 Å². The molecule has 9 heteroatoms. The van der Waals surface area contributed by atoms with Crippen LogP contribution in [0, 0.1) is 6.92 Å². The lowest BCUT2D eigenvalue weighted by molar-refractivity contribution is -0.116. The summed E-state index contributed by atoms with van der Waals surface area (Å²) in [6.07, 6.45) is -0.0758. The second-order valence-corrected chi connectivity index (χ2v) is 11.7. The number of nitrogens with one attached hydrogen (secondary N) is 1. The molecule has 1 saturated heterocycles. The molecule has 1 fully saturated rings. The van der Waals surface area contributed by atoms with Crippen molar-refractivity contribution in [3.8, 4) is 0 Å². The Morgan fingerprint density at radius 1 is 1.03 bits per heavy atom. The summed E-state index contributed by atoms with van der Waals surface area (Å²) in [7, 11) is -7.58. The number of carbonyl (C=O) groups is 1. The second-order valence-electron chi connectivity index (χ2n) is 8.11. The fourth-order valence-electron chi connectivity index (χ4n) is 3.18. The smallest absolute Gasteiger partial charge is 0.262 e. The minimum absolute atomic E-state index is 0.0187. The zero-order chi connectivity index (χ0) is 21.6. The molecule has 1 aliphatic rings. The summed E-state index contributed by atoms with van der Waals surface area (Å²) in [6.45, 7) is 7.78. The van der Waals surface area contributed by atoms with Crippen LogP contribution >= 0.6 is 0 Å². The third-order valence-electron chi connectivity index (χ3n) is 4.76. The van der Waals surface area contributed by atoms with Gasteiger partial charge >= 0.3 is 0 Å². The van der Waals surface area contributed by atoms with Gasteiger partial charge in [-0.25, -0.2) is 21.1 Å². The van der Waals surface area contributed by atoms with E-state index in [1.165, 1.54) is 18.2 Å². The van der Waals surface area contributed by atoms with E-state index in [2.05, 4.69) is 25.5 Å². The van der Waals surface area contributed by atoms with Crippen LogP contribution in [0.15, 0.2) is 47.4 Å². The number of sulfonamides is 2. The minimum atomic E-state index is -3.88. The summed E-state index contributed by atoms with van der Waals surface area (Å²) < 4.78 is 53.1. The second kappa shape index (κ2) is 7.14. The molecule has 1 aliphatic heterocycles. The van der Waals surface area contributed by atoms with Gasteiger partial charge in [0.25, 0.3) is 10.0 Å². The van der Waals surface area contributed by atoms with Crippen molar-refractivity contribution in [2.24, 2.45) is 0 Å². The maximum absolute atomic E-state index is 12.8. The van der Waals surface area contributed by atoms with Gasteiger partial charge in [-0.05, 0) is 53.8 Å². The number of hydrogen-bond acceptors (Lipinski definition) is 5. The number of benzene rings is 2. The molecule has 29 heavy (non-hydrogen) atoms. The highest BCUT2D eigenvalue weighted by atomic mass is 32.2. The number of carbonyl (C=O) groups excluding carboxylic acids is 1. The van der Waals surface area contributed by atoms with Crippen molar-refractivity contribution in [1.29, 1.82) is 0 Å². The lowest BCUT2D eigenvalue weighted by atomic mass is 9.87. The Hall–Kier alpha value is -2.39. The molecule has 1 amide bonds. The monoisotopic (exact) mass is 436 g/mol. The molecule has 0 atom stereocenters. The highest BCUT2D eigenvalue weighted by molar-refractivity contribution is 7.94. The van der Waals surface area contributed by atoms with Gasteiger partial charge in [-0.2, -0.15) is 0 Å². The predicted octanol–water partition coefficient (Wildman–Crippen LogP) is 3.16. The number of rotatable bonds is 4. The van der Waals surface area contributed by atoms with E-state index < -0.39 is 26.0 Å². The SMILES string of the molecule is Cc1cc(N2C(=O)CCS2(=O)=O)ccc1S(=O)(=O)Nc1ccc(C(C)(C)C)cc1. The van der Waals surface area contributed by atoms with Crippen LogP contribution in [0.25, 0.3) is 0 Å². The van der Waals surface area contributed by atoms with Gasteiger partial charge in [0.15, 0.2) is 0 Å². The number of nitrogens with zero attached hydrogens (tertiary/aromatic N) is 1. The van der Waals surface area contributed by atoms with Crippen molar-refractivity contribution in [2.45, 2.75) is 44.4 Å². The largest absolute Gasteiger partial charge is 0.280 e. The highest BCUT2D eigenvalue weighted by Gasteiger charge is 2.36. The van der Waals surface area contributed by atoms with Crippen molar-refractivity contribution >= 4 is 37.3 Å². The van der Waals surface area contributed by atoms with Gasteiger partial charge < -0.3 is 0 Å². The third kappa shape index (κ3) is 4.30. The Bertz CT molecular complexity index is 1160. The molecular weight excluding hydrogens is 412 g/mol. The summed E-state index contributed by atoms with van der Waals surface area (Å²) >= 11 is 0. The molecule has 0 saturated carbocycles. The molecule has 7 nitrogen and oxygen atoms in total. The molecule has 0 bridgehead atoms. The Morgan fingerprint density at radius 3 is 2.14 bits per heavy atom. The normalized spacial score (nSPS) is 16.8. The lowest BCUT2D eigenvalue weighted by Gasteiger charge is -2.19. The predicted molar refractivity (Wildman–Crippen MR) is 113 cm³/mol. The fraction of sp³-hybridized carbons (Fsp3) is 0.350. The topological polar surface area (TPSA) is 101 Å². The maximum atomic E-state index is 12.8. The zero-order valence-corrected chi connectivity index (χ0v) is 18.4. The zero-order valence-electron chi connectivity index (χ0n) is 16.8. The molecule has 156 valence electrons. The highest BCUT2D eigenvalue weighted by Crippen LogP contribution is 2.30. The summed E-state index contributed by atoms with van der Waals surface area (Å²) in [6, 6.07) is 11.2. The van der Waals surface area contributed by atoms with Crippen LogP contribution in [-0.4, -0.2) is 28.5 Å². The molecule has 3 rings (SSSR count). The standard InChI is InChI=1S/C20H24N2O5S2/c1-14-13-17(22-19(23)11-12-28(22,24)25)9-10-18(14)29(26,27)21-16-7-5-15(6-8-16)20(2,3)4/h5-10,13,21H,11-12H2,1-4H3. The van der Waals surface area contributed by atoms with E-state index in [0.29, 0.717) is 11.3 Å². The summed E-state index contributed by atoms with van der Waals surface area (Å²) in [5.74, 6) is -0.756. The van der Waals surface area contributed by atoms with Gasteiger partial charge in [0, 0.05) is 12.1 Å². The van der Waals surface area contributed by atoms with E-state index >= 15 is 0 Å². The molecule has 1 N–H and O–H groups in total. The van der Waals surface area contributed by atoms with Crippen molar-refractivity contribution in [2.75, 3.05) is 14.8 Å². The molecule has 0 aliphatic carbocycles. The average Bonchev–Trinajstić information content (AvgIpc) is 2.86. The number of aryl methyl sites for hydroxylation is 1. The summed E-state index contributed by atoms with van der Waals surface area (Å²) in [4.78, 5) is 12.0. The Kier molecular flexibility index (Phi) is 5.25. The number of hydrogen-bond donors (Lipinski definition) is 1. The van der Waals surface area contributed by atoms with Gasteiger partial charge in [-0.3, -0.25) is 9.52 Å². The maximum Gasteiger partial charge on any atom is 0.262 e. The summed E-state index contributed by atoms with van der Waals surface area (Å²) in [5.41, 5.74) is 1.96. The van der Waals surface area contributed by atoms with E-state index in [1.54, 1.807) is 19.1 Å². The first-order valence-corrected chi connectivity index (χ1v) is 12.2. The third-order valence-corrected chi connectivity index (χ3v) is 8.00. The Morgan fingerprint density at radius 2 is 1.66 bits per heavy atom. The first-order chi connectivity index (χ1) is 13.3. The average molecular weight is 437 g/mol. The van der Waals surface area contributed by atoms with Gasteiger partial charge in [0.05, 0.1) is 16.3 Å². The van der Waals surface area contributed by atoms with Crippen LogP contribution in [0.1, 0.15) is 38.3 Å². The molecular formula is C20H24N2O5S2. The van der Waals surface area contributed by atoms with E-state index in [4.69, 9.17) is 0 Å². The lowest BCUT2D eigenvalue weighted by Crippen LogP contribution is -2.29. The van der Waals surface area contributed by atoms with Gasteiger partial charge in [-0.15, -0.1) is 0 Å². The van der Waals surface area contributed by atoms with Crippen molar-refractivity contribution in [1.82, 2.24) is 0 Å². The first kappa shape index (κ1) is 21.3. The van der Waals surface area contributed by atoms with Crippen LogP contribution in [-0.2, 0) is 30.3 Å². The number of amides is 1. The first-order valence-electron chi connectivity index (χ1n) is 9.11. The van der Waals surface area contributed by atoms with Crippen LogP contribution in [0.3, 0.4) is 0 Å². The van der Waals surface area contributed by atoms with E-state index in [1.807, 2.05) is 12.1 Å². The molecule has 1 heterocycles. The van der Waals surface area contributed by atoms with E-state index in [-0.39, 0.29) is 28.2 Å². The molecule has 0 radical (unpaired) electrons.